The largest absolute Gasteiger partial charge is 0.480 e. The molecule has 0 fully saturated rings. The molecule has 2 aromatic carbocycles. The summed E-state index contributed by atoms with van der Waals surface area (Å²) in [5, 5.41) is 11.7. The summed E-state index contributed by atoms with van der Waals surface area (Å²) in [6.07, 6.45) is 0.211. The van der Waals surface area contributed by atoms with Crippen LogP contribution in [0.1, 0.15) is 30.6 Å². The molecular formula is C19H22N2O5S. The zero-order valence-corrected chi connectivity index (χ0v) is 16.2. The van der Waals surface area contributed by atoms with Crippen LogP contribution < -0.4 is 9.62 Å². The smallest absolute Gasteiger partial charge is 0.329 e. The predicted octanol–water partition coefficient (Wildman–Crippen LogP) is 2.49. The van der Waals surface area contributed by atoms with Crippen LogP contribution in [0.4, 0.5) is 5.69 Å². The van der Waals surface area contributed by atoms with Gasteiger partial charge in [-0.2, -0.15) is 0 Å². The third-order valence-electron chi connectivity index (χ3n) is 4.46. The number of carboxylic acid groups (broad SMARTS) is 1. The molecule has 1 unspecified atom stereocenters. The van der Waals surface area contributed by atoms with Crippen LogP contribution in [0.2, 0.25) is 0 Å². The van der Waals surface area contributed by atoms with Crippen molar-refractivity contribution < 1.29 is 23.1 Å². The second-order valence-corrected chi connectivity index (χ2v) is 8.25. The van der Waals surface area contributed by atoms with Gasteiger partial charge in [0.1, 0.15) is 5.54 Å². The van der Waals surface area contributed by atoms with Gasteiger partial charge in [0.25, 0.3) is 15.9 Å². The van der Waals surface area contributed by atoms with Gasteiger partial charge in [0.2, 0.25) is 0 Å². The number of aliphatic carboxylic acids is 1. The fraction of sp³-hybridized carbons (Fsp3) is 0.263. The average molecular weight is 390 g/mol. The Morgan fingerprint density at radius 2 is 1.63 bits per heavy atom. The molecule has 0 aliphatic carbocycles. The van der Waals surface area contributed by atoms with E-state index < -0.39 is 27.4 Å². The van der Waals surface area contributed by atoms with Gasteiger partial charge in [-0.15, -0.1) is 0 Å². The zero-order chi connectivity index (χ0) is 20.2. The molecule has 0 bridgehead atoms. The normalized spacial score (nSPS) is 13.4. The molecule has 2 N–H and O–H groups in total. The van der Waals surface area contributed by atoms with Crippen LogP contribution >= 0.6 is 0 Å². The van der Waals surface area contributed by atoms with E-state index in [-0.39, 0.29) is 16.9 Å². The predicted molar refractivity (Wildman–Crippen MR) is 102 cm³/mol. The van der Waals surface area contributed by atoms with E-state index in [1.54, 1.807) is 37.3 Å². The van der Waals surface area contributed by atoms with E-state index in [0.29, 0.717) is 5.69 Å². The standard InChI is InChI=1S/C19H22N2O5S/c1-4-19(2,18(23)24)20-17(22)14-10-12-16(13-11-14)27(25,26)21(3)15-8-6-5-7-9-15/h5-13H,4H2,1-3H3,(H,20,22)(H,23,24). The Balaban J connectivity index is 2.24. The Morgan fingerprint density at radius 3 is 2.11 bits per heavy atom. The second-order valence-electron chi connectivity index (χ2n) is 6.28. The van der Waals surface area contributed by atoms with Gasteiger partial charge in [-0.3, -0.25) is 9.10 Å². The van der Waals surface area contributed by atoms with Crippen molar-refractivity contribution in [2.24, 2.45) is 0 Å². The molecule has 0 heterocycles. The monoisotopic (exact) mass is 390 g/mol. The lowest BCUT2D eigenvalue weighted by atomic mass is 9.98. The molecule has 0 spiro atoms. The van der Waals surface area contributed by atoms with Crippen molar-refractivity contribution >= 4 is 27.6 Å². The molecule has 2 rings (SSSR count). The van der Waals surface area contributed by atoms with Crippen LogP contribution in [-0.2, 0) is 14.8 Å². The molecule has 7 nitrogen and oxygen atoms in total. The van der Waals surface area contributed by atoms with E-state index in [0.717, 1.165) is 4.31 Å². The van der Waals surface area contributed by atoms with Gasteiger partial charge < -0.3 is 10.4 Å². The molecule has 1 atom stereocenters. The summed E-state index contributed by atoms with van der Waals surface area (Å²) in [6, 6.07) is 14.0. The summed E-state index contributed by atoms with van der Waals surface area (Å²) < 4.78 is 26.6. The molecule has 8 heteroatoms. The van der Waals surface area contributed by atoms with Gasteiger partial charge in [0.05, 0.1) is 10.6 Å². The highest BCUT2D eigenvalue weighted by Crippen LogP contribution is 2.22. The number of carbonyl (C=O) groups is 2. The molecular weight excluding hydrogens is 368 g/mol. The minimum absolute atomic E-state index is 0.0295. The SMILES string of the molecule is CCC(C)(NC(=O)c1ccc(S(=O)(=O)N(C)c2ccccc2)cc1)C(=O)O. The van der Waals surface area contributed by atoms with E-state index >= 15 is 0 Å². The second kappa shape index (κ2) is 7.79. The minimum atomic E-state index is -3.78. The molecule has 1 amide bonds. The fourth-order valence-electron chi connectivity index (χ4n) is 2.33. The number of hydrogen-bond donors (Lipinski definition) is 2. The molecule has 0 aliphatic rings. The summed E-state index contributed by atoms with van der Waals surface area (Å²) in [6.45, 7) is 3.07. The van der Waals surface area contributed by atoms with E-state index in [9.17, 15) is 23.1 Å². The van der Waals surface area contributed by atoms with Gasteiger partial charge in [-0.25, -0.2) is 13.2 Å². The lowest BCUT2D eigenvalue weighted by Crippen LogP contribution is -2.51. The van der Waals surface area contributed by atoms with E-state index in [1.165, 1.54) is 38.2 Å². The molecule has 0 saturated carbocycles. The first kappa shape index (κ1) is 20.4. The van der Waals surface area contributed by atoms with Gasteiger partial charge >= 0.3 is 5.97 Å². The number of hydrogen-bond acceptors (Lipinski definition) is 4. The van der Waals surface area contributed by atoms with Crippen molar-refractivity contribution in [1.82, 2.24) is 5.32 Å². The summed E-state index contributed by atoms with van der Waals surface area (Å²) in [4.78, 5) is 23.7. The molecule has 27 heavy (non-hydrogen) atoms. The zero-order valence-electron chi connectivity index (χ0n) is 15.3. The highest BCUT2D eigenvalue weighted by molar-refractivity contribution is 7.92. The lowest BCUT2D eigenvalue weighted by molar-refractivity contribution is -0.143. The lowest BCUT2D eigenvalue weighted by Gasteiger charge is -2.24. The molecule has 0 aliphatic heterocycles. The maximum Gasteiger partial charge on any atom is 0.329 e. The van der Waals surface area contributed by atoms with Crippen LogP contribution in [0, 0.1) is 0 Å². The number of carboxylic acids is 1. The molecule has 0 saturated heterocycles. The summed E-state index contributed by atoms with van der Waals surface area (Å²) in [5.41, 5.74) is -0.702. The van der Waals surface area contributed by atoms with E-state index in [2.05, 4.69) is 5.32 Å². The first-order valence-electron chi connectivity index (χ1n) is 8.32. The molecule has 144 valence electrons. The topological polar surface area (TPSA) is 104 Å². The van der Waals surface area contributed by atoms with Crippen LogP contribution in [-0.4, -0.2) is 38.0 Å². The quantitative estimate of drug-likeness (QED) is 0.756. The highest BCUT2D eigenvalue weighted by Gasteiger charge is 2.33. The van der Waals surface area contributed by atoms with Crippen molar-refractivity contribution in [3.05, 3.63) is 60.2 Å². The van der Waals surface area contributed by atoms with Crippen molar-refractivity contribution in [2.75, 3.05) is 11.4 Å². The van der Waals surface area contributed by atoms with E-state index in [4.69, 9.17) is 0 Å². The highest BCUT2D eigenvalue weighted by atomic mass is 32.2. The van der Waals surface area contributed by atoms with Gasteiger partial charge in [-0.05, 0) is 49.7 Å². The van der Waals surface area contributed by atoms with Crippen molar-refractivity contribution in [1.29, 1.82) is 0 Å². The average Bonchev–Trinajstić information content (AvgIpc) is 2.67. The third-order valence-corrected chi connectivity index (χ3v) is 6.26. The number of benzene rings is 2. The Labute approximate surface area is 158 Å². The molecule has 0 aromatic heterocycles. The number of carbonyl (C=O) groups excluding carboxylic acids is 1. The number of anilines is 1. The maximum atomic E-state index is 12.7. The number of sulfonamides is 1. The Hall–Kier alpha value is -2.87. The first-order valence-corrected chi connectivity index (χ1v) is 9.76. The maximum absolute atomic E-state index is 12.7. The summed E-state index contributed by atoms with van der Waals surface area (Å²) in [7, 11) is -2.33. The van der Waals surface area contributed by atoms with Crippen molar-refractivity contribution in [2.45, 2.75) is 30.7 Å². The van der Waals surface area contributed by atoms with Crippen LogP contribution in [0.15, 0.2) is 59.5 Å². The van der Waals surface area contributed by atoms with Crippen LogP contribution in [0.5, 0.6) is 0 Å². The molecule has 0 radical (unpaired) electrons. The number of para-hydroxylation sites is 1. The van der Waals surface area contributed by atoms with Gasteiger partial charge in [-0.1, -0.05) is 25.1 Å². The van der Waals surface area contributed by atoms with Crippen molar-refractivity contribution in [3.63, 3.8) is 0 Å². The first-order chi connectivity index (χ1) is 12.6. The van der Waals surface area contributed by atoms with E-state index in [1.807, 2.05) is 0 Å². The number of nitrogens with zero attached hydrogens (tertiary/aromatic N) is 1. The van der Waals surface area contributed by atoms with Gasteiger partial charge in [0.15, 0.2) is 0 Å². The summed E-state index contributed by atoms with van der Waals surface area (Å²) in [5.74, 6) is -1.72. The number of amides is 1. The number of nitrogens with one attached hydrogen (secondary N) is 1. The Bertz CT molecular complexity index is 926. The van der Waals surface area contributed by atoms with Crippen LogP contribution in [0.25, 0.3) is 0 Å². The Morgan fingerprint density at radius 1 is 1.07 bits per heavy atom. The summed E-state index contributed by atoms with van der Waals surface area (Å²) >= 11 is 0. The fourth-order valence-corrected chi connectivity index (χ4v) is 3.52. The molecule has 2 aromatic rings. The Kier molecular flexibility index (Phi) is 5.90. The van der Waals surface area contributed by atoms with Gasteiger partial charge in [0, 0.05) is 12.6 Å². The minimum Gasteiger partial charge on any atom is -0.480 e. The van der Waals surface area contributed by atoms with Crippen LogP contribution in [0.3, 0.4) is 0 Å². The number of rotatable bonds is 7. The third kappa shape index (κ3) is 4.28. The van der Waals surface area contributed by atoms with Crippen molar-refractivity contribution in [3.8, 4) is 0 Å².